The number of aryl methyl sites for hydroxylation is 1. The van der Waals surface area contributed by atoms with Crippen molar-refractivity contribution in [1.29, 1.82) is 0 Å². The Bertz CT molecular complexity index is 1290. The largest absolute Gasteiger partial charge is 0.392 e. The lowest BCUT2D eigenvalue weighted by Gasteiger charge is -2.27. The molecule has 0 amide bonds. The van der Waals surface area contributed by atoms with Crippen LogP contribution in [0.4, 0.5) is 8.78 Å². The molecule has 7 heteroatoms. The molecule has 0 aliphatic carbocycles. The van der Waals surface area contributed by atoms with Crippen LogP contribution >= 0.6 is 0 Å². The van der Waals surface area contributed by atoms with Crippen LogP contribution in [0.1, 0.15) is 54.9 Å². The summed E-state index contributed by atoms with van der Waals surface area (Å²) >= 11 is 0. The van der Waals surface area contributed by atoms with Crippen molar-refractivity contribution in [2.24, 2.45) is 5.16 Å². The normalized spacial score (nSPS) is 15.6. The van der Waals surface area contributed by atoms with E-state index in [1.807, 2.05) is 25.1 Å². The Morgan fingerprint density at radius 2 is 1.83 bits per heavy atom. The topological polar surface area (TPSA) is 46.8 Å². The molecule has 0 saturated carbocycles. The van der Waals surface area contributed by atoms with Gasteiger partial charge in [-0.05, 0) is 62.1 Å². The number of halogens is 2. The highest BCUT2D eigenvalue weighted by Gasteiger charge is 2.21. The fourth-order valence-electron chi connectivity index (χ4n) is 4.44. The average molecular weight is 480 g/mol. The maximum atomic E-state index is 14.9. The first-order valence-electron chi connectivity index (χ1n) is 12.0. The molecule has 1 saturated heterocycles. The number of piperidine rings is 1. The second-order valence-electron chi connectivity index (χ2n) is 9.47. The first-order chi connectivity index (χ1) is 16.7. The molecule has 1 aliphatic rings. The second kappa shape index (κ2) is 10.5. The third-order valence-corrected chi connectivity index (χ3v) is 6.46. The van der Waals surface area contributed by atoms with E-state index < -0.39 is 11.6 Å². The van der Waals surface area contributed by atoms with Crippen LogP contribution in [0.5, 0.6) is 0 Å². The Kier molecular flexibility index (Phi) is 7.45. The molecule has 2 aromatic carbocycles. The number of rotatable bonds is 6. The Morgan fingerprint density at radius 3 is 2.51 bits per heavy atom. The zero-order chi connectivity index (χ0) is 25.1. The van der Waals surface area contributed by atoms with Crippen molar-refractivity contribution < 1.29 is 13.6 Å². The molecule has 0 N–H and O–H groups in total. The minimum absolute atomic E-state index is 0.0977. The van der Waals surface area contributed by atoms with Gasteiger partial charge in [-0.2, -0.15) is 0 Å². The molecule has 0 atom stereocenters. The van der Waals surface area contributed by atoms with Gasteiger partial charge in [-0.1, -0.05) is 37.2 Å². The summed E-state index contributed by atoms with van der Waals surface area (Å²) in [6, 6.07) is 12.3. The molecule has 0 spiro atoms. The summed E-state index contributed by atoms with van der Waals surface area (Å²) in [5, 5.41) is 4.37. The molecule has 35 heavy (non-hydrogen) atoms. The number of para-hydroxylation sites is 1. The SMILES string of the molecule is Cc1cccc(C(C)C)c1-n1cc(C(=NOC2CCN(C)CC2)c2ccc(F)cc2F)ccc1=O. The third kappa shape index (κ3) is 5.51. The molecular formula is C28H31F2N3O2. The highest BCUT2D eigenvalue weighted by Crippen LogP contribution is 2.26. The van der Waals surface area contributed by atoms with Crippen molar-refractivity contribution in [1.82, 2.24) is 9.47 Å². The molecular weight excluding hydrogens is 448 g/mol. The monoisotopic (exact) mass is 479 g/mol. The fourth-order valence-corrected chi connectivity index (χ4v) is 4.44. The first kappa shape index (κ1) is 24.8. The summed E-state index contributed by atoms with van der Waals surface area (Å²) < 4.78 is 30.1. The van der Waals surface area contributed by atoms with Gasteiger partial charge < -0.3 is 9.74 Å². The molecule has 2 heterocycles. The first-order valence-corrected chi connectivity index (χ1v) is 12.0. The molecule has 4 rings (SSSR count). The predicted molar refractivity (Wildman–Crippen MR) is 134 cm³/mol. The van der Waals surface area contributed by atoms with E-state index in [1.54, 1.807) is 16.8 Å². The van der Waals surface area contributed by atoms with Crippen molar-refractivity contribution in [3.63, 3.8) is 0 Å². The van der Waals surface area contributed by atoms with Crippen molar-refractivity contribution in [2.45, 2.75) is 45.6 Å². The van der Waals surface area contributed by atoms with Gasteiger partial charge in [0.05, 0.1) is 5.69 Å². The molecule has 1 fully saturated rings. The third-order valence-electron chi connectivity index (χ3n) is 6.46. The van der Waals surface area contributed by atoms with Gasteiger partial charge in [0.15, 0.2) is 0 Å². The Hall–Kier alpha value is -3.32. The highest BCUT2D eigenvalue weighted by molar-refractivity contribution is 6.12. The van der Waals surface area contributed by atoms with Crippen LogP contribution in [0.2, 0.25) is 0 Å². The minimum Gasteiger partial charge on any atom is -0.392 e. The number of nitrogens with zero attached hydrogens (tertiary/aromatic N) is 3. The van der Waals surface area contributed by atoms with Crippen molar-refractivity contribution in [2.75, 3.05) is 20.1 Å². The standard InChI is InChI=1S/C28H31F2N3O2/c1-18(2)23-7-5-6-19(3)28(23)33-17-20(8-11-26(33)34)27(24-10-9-21(29)16-25(24)30)31-35-22-12-14-32(4)15-13-22/h5-11,16-18,22H,12-15H2,1-4H3. The number of oxime groups is 1. The highest BCUT2D eigenvalue weighted by atomic mass is 19.1. The zero-order valence-electron chi connectivity index (χ0n) is 20.6. The lowest BCUT2D eigenvalue weighted by Crippen LogP contribution is -2.33. The summed E-state index contributed by atoms with van der Waals surface area (Å²) in [7, 11) is 2.05. The zero-order valence-corrected chi connectivity index (χ0v) is 20.6. The maximum Gasteiger partial charge on any atom is 0.255 e. The number of benzene rings is 2. The van der Waals surface area contributed by atoms with Gasteiger partial charge in [-0.3, -0.25) is 9.36 Å². The lowest BCUT2D eigenvalue weighted by atomic mass is 9.97. The Morgan fingerprint density at radius 1 is 1.09 bits per heavy atom. The van der Waals surface area contributed by atoms with Gasteiger partial charge in [0, 0.05) is 42.5 Å². The summed E-state index contributed by atoms with van der Waals surface area (Å²) in [5.74, 6) is -1.23. The van der Waals surface area contributed by atoms with Crippen LogP contribution < -0.4 is 5.56 Å². The van der Waals surface area contributed by atoms with E-state index in [4.69, 9.17) is 4.84 Å². The molecule has 1 aliphatic heterocycles. The minimum atomic E-state index is -0.743. The van der Waals surface area contributed by atoms with Crippen LogP contribution in [0.15, 0.2) is 64.7 Å². The second-order valence-corrected chi connectivity index (χ2v) is 9.47. The van der Waals surface area contributed by atoms with E-state index >= 15 is 0 Å². The van der Waals surface area contributed by atoms with Gasteiger partial charge in [0.1, 0.15) is 23.5 Å². The van der Waals surface area contributed by atoms with E-state index in [9.17, 15) is 13.6 Å². The molecule has 1 aromatic heterocycles. The molecule has 0 radical (unpaired) electrons. The van der Waals surface area contributed by atoms with Crippen LogP contribution in [0, 0.1) is 18.6 Å². The van der Waals surface area contributed by atoms with Gasteiger partial charge in [0.25, 0.3) is 5.56 Å². The van der Waals surface area contributed by atoms with Crippen molar-refractivity contribution in [3.8, 4) is 5.69 Å². The van der Waals surface area contributed by atoms with Gasteiger partial charge >= 0.3 is 0 Å². The quantitative estimate of drug-likeness (QED) is 0.351. The molecule has 3 aromatic rings. The van der Waals surface area contributed by atoms with Gasteiger partial charge in [-0.25, -0.2) is 8.78 Å². The van der Waals surface area contributed by atoms with Gasteiger partial charge in [0.2, 0.25) is 0 Å². The molecule has 184 valence electrons. The smallest absolute Gasteiger partial charge is 0.255 e. The molecule has 0 unspecified atom stereocenters. The number of pyridine rings is 1. The van der Waals surface area contributed by atoms with Crippen molar-refractivity contribution >= 4 is 5.71 Å². The van der Waals surface area contributed by atoms with E-state index in [0.29, 0.717) is 5.56 Å². The average Bonchev–Trinajstić information content (AvgIpc) is 2.82. The predicted octanol–water partition coefficient (Wildman–Crippen LogP) is 5.41. The Balaban J connectivity index is 1.83. The van der Waals surface area contributed by atoms with Crippen LogP contribution in [-0.2, 0) is 4.84 Å². The molecule has 0 bridgehead atoms. The summed E-state index contributed by atoms with van der Waals surface area (Å²) in [4.78, 5) is 21.0. The summed E-state index contributed by atoms with van der Waals surface area (Å²) in [5.41, 5.74) is 3.39. The Labute approximate surface area is 204 Å². The summed E-state index contributed by atoms with van der Waals surface area (Å²) in [6.45, 7) is 7.87. The number of hydrogen-bond donors (Lipinski definition) is 0. The maximum absolute atomic E-state index is 14.9. The van der Waals surface area contributed by atoms with E-state index in [1.165, 1.54) is 18.2 Å². The van der Waals surface area contributed by atoms with E-state index in [0.717, 1.165) is 48.8 Å². The fraction of sp³-hybridized carbons (Fsp3) is 0.357. The number of aromatic nitrogens is 1. The number of likely N-dealkylation sites (tertiary alicyclic amines) is 1. The van der Waals surface area contributed by atoms with Gasteiger partial charge in [-0.15, -0.1) is 0 Å². The number of hydrogen-bond acceptors (Lipinski definition) is 4. The van der Waals surface area contributed by atoms with E-state index in [-0.39, 0.29) is 28.9 Å². The van der Waals surface area contributed by atoms with Crippen LogP contribution in [0.25, 0.3) is 5.69 Å². The van der Waals surface area contributed by atoms with Crippen molar-refractivity contribution in [3.05, 3.63) is 99.0 Å². The molecule has 5 nitrogen and oxygen atoms in total. The van der Waals surface area contributed by atoms with Crippen LogP contribution in [0.3, 0.4) is 0 Å². The summed E-state index contributed by atoms with van der Waals surface area (Å²) in [6.07, 6.45) is 3.18. The van der Waals surface area contributed by atoms with Crippen LogP contribution in [-0.4, -0.2) is 41.4 Å². The van der Waals surface area contributed by atoms with E-state index in [2.05, 4.69) is 31.0 Å². The lowest BCUT2D eigenvalue weighted by molar-refractivity contribution is 0.0163.